The number of aryl methyl sites for hydroxylation is 1. The number of rotatable bonds is 5. The molecule has 2 aromatic carbocycles. The van der Waals surface area contributed by atoms with Crippen LogP contribution >= 0.6 is 15.9 Å². The molecule has 0 saturated heterocycles. The summed E-state index contributed by atoms with van der Waals surface area (Å²) < 4.78 is 20.0. The van der Waals surface area contributed by atoms with Crippen LogP contribution in [0.3, 0.4) is 0 Å². The highest BCUT2D eigenvalue weighted by Crippen LogP contribution is 2.21. The molecule has 0 fully saturated rings. The highest BCUT2D eigenvalue weighted by molar-refractivity contribution is 9.10. The van der Waals surface area contributed by atoms with E-state index in [4.69, 9.17) is 4.74 Å². The fourth-order valence-corrected chi connectivity index (χ4v) is 1.91. The van der Waals surface area contributed by atoms with Gasteiger partial charge in [-0.3, -0.25) is 0 Å². The second-order valence-corrected chi connectivity index (χ2v) is 5.02. The van der Waals surface area contributed by atoms with E-state index in [9.17, 15) is 4.39 Å². The van der Waals surface area contributed by atoms with Crippen LogP contribution in [0.1, 0.15) is 5.56 Å². The van der Waals surface area contributed by atoms with Gasteiger partial charge in [0.2, 0.25) is 0 Å². The second-order valence-electron chi connectivity index (χ2n) is 4.17. The summed E-state index contributed by atoms with van der Waals surface area (Å²) >= 11 is 3.44. The van der Waals surface area contributed by atoms with Crippen LogP contribution in [0.15, 0.2) is 46.9 Å². The maximum atomic E-state index is 13.3. The Morgan fingerprint density at radius 3 is 2.74 bits per heavy atom. The lowest BCUT2D eigenvalue weighted by Crippen LogP contribution is -2.12. The van der Waals surface area contributed by atoms with Crippen LogP contribution in [0.4, 0.5) is 10.1 Å². The van der Waals surface area contributed by atoms with Gasteiger partial charge >= 0.3 is 0 Å². The minimum atomic E-state index is -0.248. The molecular weight excluding hydrogens is 309 g/mol. The molecule has 0 aliphatic heterocycles. The third-order valence-electron chi connectivity index (χ3n) is 2.69. The molecule has 19 heavy (non-hydrogen) atoms. The smallest absolute Gasteiger partial charge is 0.146 e. The lowest BCUT2D eigenvalue weighted by molar-refractivity contribution is 0.332. The van der Waals surface area contributed by atoms with Crippen molar-refractivity contribution in [2.24, 2.45) is 0 Å². The van der Waals surface area contributed by atoms with Crippen molar-refractivity contribution in [3.63, 3.8) is 0 Å². The van der Waals surface area contributed by atoms with E-state index in [1.54, 1.807) is 18.2 Å². The van der Waals surface area contributed by atoms with Crippen LogP contribution in [0, 0.1) is 12.7 Å². The number of halogens is 2. The number of hydrogen-bond acceptors (Lipinski definition) is 2. The quantitative estimate of drug-likeness (QED) is 0.824. The SMILES string of the molecule is Cc1cc(OCCNc2ccccc2F)ccc1Br. The van der Waals surface area contributed by atoms with E-state index >= 15 is 0 Å². The van der Waals surface area contributed by atoms with Crippen molar-refractivity contribution in [2.75, 3.05) is 18.5 Å². The number of benzene rings is 2. The van der Waals surface area contributed by atoms with E-state index < -0.39 is 0 Å². The zero-order valence-electron chi connectivity index (χ0n) is 10.6. The number of ether oxygens (including phenoxy) is 1. The summed E-state index contributed by atoms with van der Waals surface area (Å²) in [5.41, 5.74) is 1.62. The third kappa shape index (κ3) is 3.96. The van der Waals surface area contributed by atoms with Gasteiger partial charge in [-0.25, -0.2) is 4.39 Å². The van der Waals surface area contributed by atoms with Gasteiger partial charge in [-0.05, 0) is 42.8 Å². The van der Waals surface area contributed by atoms with Gasteiger partial charge in [0.05, 0.1) is 5.69 Å². The summed E-state index contributed by atoms with van der Waals surface area (Å²) in [4.78, 5) is 0. The van der Waals surface area contributed by atoms with E-state index in [1.807, 2.05) is 25.1 Å². The standard InChI is InChI=1S/C15H15BrFNO/c1-11-10-12(6-7-13(11)16)19-9-8-18-15-5-3-2-4-14(15)17/h2-7,10,18H,8-9H2,1H3. The Bertz CT molecular complexity index is 560. The lowest BCUT2D eigenvalue weighted by Gasteiger charge is -2.10. The van der Waals surface area contributed by atoms with Gasteiger partial charge in [0.25, 0.3) is 0 Å². The van der Waals surface area contributed by atoms with E-state index in [1.165, 1.54) is 6.07 Å². The highest BCUT2D eigenvalue weighted by Gasteiger charge is 2.00. The lowest BCUT2D eigenvalue weighted by atomic mass is 10.2. The normalized spacial score (nSPS) is 10.3. The van der Waals surface area contributed by atoms with E-state index in [0.717, 1.165) is 15.8 Å². The number of anilines is 1. The molecule has 100 valence electrons. The molecule has 0 saturated carbocycles. The first-order chi connectivity index (χ1) is 9.16. The summed E-state index contributed by atoms with van der Waals surface area (Å²) in [7, 11) is 0. The first-order valence-corrected chi connectivity index (χ1v) is 6.83. The molecule has 0 radical (unpaired) electrons. The van der Waals surface area contributed by atoms with Crippen molar-refractivity contribution >= 4 is 21.6 Å². The summed E-state index contributed by atoms with van der Waals surface area (Å²) in [5.74, 6) is 0.568. The van der Waals surface area contributed by atoms with Gasteiger partial charge in [-0.2, -0.15) is 0 Å². The Morgan fingerprint density at radius 2 is 2.00 bits per heavy atom. The average Bonchev–Trinajstić information content (AvgIpc) is 2.40. The molecule has 0 unspecified atom stereocenters. The predicted octanol–water partition coefficient (Wildman–Crippen LogP) is 4.39. The van der Waals surface area contributed by atoms with Crippen LogP contribution in [-0.2, 0) is 0 Å². The molecule has 0 aliphatic carbocycles. The van der Waals surface area contributed by atoms with Crippen molar-refractivity contribution in [2.45, 2.75) is 6.92 Å². The van der Waals surface area contributed by atoms with Gasteiger partial charge in [0.1, 0.15) is 18.2 Å². The van der Waals surface area contributed by atoms with E-state index in [-0.39, 0.29) is 5.82 Å². The first-order valence-electron chi connectivity index (χ1n) is 6.04. The Kier molecular flexibility index (Phi) is 4.80. The van der Waals surface area contributed by atoms with Crippen LogP contribution in [0.2, 0.25) is 0 Å². The maximum Gasteiger partial charge on any atom is 0.146 e. The predicted molar refractivity (Wildman–Crippen MR) is 79.3 cm³/mol. The molecule has 0 aliphatic rings. The van der Waals surface area contributed by atoms with Crippen molar-refractivity contribution < 1.29 is 9.13 Å². The first kappa shape index (κ1) is 13.9. The summed E-state index contributed by atoms with van der Waals surface area (Å²) in [6.07, 6.45) is 0. The Labute approximate surface area is 120 Å². The Morgan fingerprint density at radius 1 is 1.21 bits per heavy atom. The molecule has 4 heteroatoms. The number of hydrogen-bond donors (Lipinski definition) is 1. The van der Waals surface area contributed by atoms with Crippen LogP contribution in [-0.4, -0.2) is 13.2 Å². The fourth-order valence-electron chi connectivity index (χ4n) is 1.67. The van der Waals surface area contributed by atoms with Gasteiger partial charge in [-0.1, -0.05) is 28.1 Å². The zero-order valence-corrected chi connectivity index (χ0v) is 12.2. The summed E-state index contributed by atoms with van der Waals surface area (Å²) in [6.45, 7) is 3.04. The van der Waals surface area contributed by atoms with Gasteiger partial charge in [0.15, 0.2) is 0 Å². The topological polar surface area (TPSA) is 21.3 Å². The number of para-hydroxylation sites is 1. The fraction of sp³-hybridized carbons (Fsp3) is 0.200. The molecule has 0 atom stereocenters. The monoisotopic (exact) mass is 323 g/mol. The zero-order chi connectivity index (χ0) is 13.7. The summed E-state index contributed by atoms with van der Waals surface area (Å²) in [6, 6.07) is 12.4. The minimum absolute atomic E-state index is 0.248. The minimum Gasteiger partial charge on any atom is -0.492 e. The van der Waals surface area contributed by atoms with Crippen molar-refractivity contribution in [3.8, 4) is 5.75 Å². The molecule has 0 spiro atoms. The van der Waals surface area contributed by atoms with Crippen molar-refractivity contribution in [1.82, 2.24) is 0 Å². The highest BCUT2D eigenvalue weighted by atomic mass is 79.9. The maximum absolute atomic E-state index is 13.3. The van der Waals surface area contributed by atoms with Gasteiger partial charge in [-0.15, -0.1) is 0 Å². The summed E-state index contributed by atoms with van der Waals surface area (Å²) in [5, 5.41) is 3.00. The van der Waals surface area contributed by atoms with Crippen molar-refractivity contribution in [3.05, 3.63) is 58.3 Å². The Hall–Kier alpha value is -1.55. The molecule has 2 rings (SSSR count). The van der Waals surface area contributed by atoms with Gasteiger partial charge in [0, 0.05) is 11.0 Å². The van der Waals surface area contributed by atoms with E-state index in [2.05, 4.69) is 21.2 Å². The largest absolute Gasteiger partial charge is 0.492 e. The molecule has 0 heterocycles. The molecule has 2 nitrogen and oxygen atoms in total. The molecule has 0 aromatic heterocycles. The average molecular weight is 324 g/mol. The molecule has 2 aromatic rings. The second kappa shape index (κ2) is 6.57. The van der Waals surface area contributed by atoms with Gasteiger partial charge < -0.3 is 10.1 Å². The molecular formula is C15H15BrFNO. The van der Waals surface area contributed by atoms with Crippen LogP contribution < -0.4 is 10.1 Å². The van der Waals surface area contributed by atoms with Crippen LogP contribution in [0.5, 0.6) is 5.75 Å². The molecule has 1 N–H and O–H groups in total. The van der Waals surface area contributed by atoms with Crippen molar-refractivity contribution in [1.29, 1.82) is 0 Å². The number of nitrogens with one attached hydrogen (secondary N) is 1. The van der Waals surface area contributed by atoms with E-state index in [0.29, 0.717) is 18.8 Å². The molecule has 0 amide bonds. The van der Waals surface area contributed by atoms with Crippen LogP contribution in [0.25, 0.3) is 0 Å². The Balaban J connectivity index is 1.81. The third-order valence-corrected chi connectivity index (χ3v) is 3.58. The molecule has 0 bridgehead atoms.